The summed E-state index contributed by atoms with van der Waals surface area (Å²) in [4.78, 5) is 42.1. The summed E-state index contributed by atoms with van der Waals surface area (Å²) in [6, 6.07) is 10.2. The quantitative estimate of drug-likeness (QED) is 0.311. The van der Waals surface area contributed by atoms with E-state index in [1.54, 1.807) is 6.07 Å². The van der Waals surface area contributed by atoms with Gasteiger partial charge in [-0.1, -0.05) is 36.0 Å². The van der Waals surface area contributed by atoms with Crippen molar-refractivity contribution in [2.75, 3.05) is 11.1 Å². The molecule has 2 aromatic heterocycles. The van der Waals surface area contributed by atoms with Crippen molar-refractivity contribution < 1.29 is 22.4 Å². The number of fused-ring (bicyclic) bond motifs is 1. The summed E-state index contributed by atoms with van der Waals surface area (Å²) in [6.07, 6.45) is -4.56. The maximum Gasteiger partial charge on any atom is 0.416 e. The monoisotopic (exact) mass is 521 g/mol. The van der Waals surface area contributed by atoms with Crippen LogP contribution in [0.2, 0.25) is 0 Å². The highest BCUT2D eigenvalue weighted by Crippen LogP contribution is 2.30. The smallest absolute Gasteiger partial charge is 0.323 e. The summed E-state index contributed by atoms with van der Waals surface area (Å²) in [5.41, 5.74) is -1.95. The summed E-state index contributed by atoms with van der Waals surface area (Å²) < 4.78 is 56.9. The van der Waals surface area contributed by atoms with Crippen LogP contribution in [0.25, 0.3) is 11.2 Å². The van der Waals surface area contributed by atoms with E-state index in [2.05, 4.69) is 10.3 Å². The van der Waals surface area contributed by atoms with Crippen LogP contribution in [0, 0.1) is 5.82 Å². The normalized spacial score (nSPS) is 11.7. The van der Waals surface area contributed by atoms with Crippen molar-refractivity contribution in [3.63, 3.8) is 0 Å². The minimum absolute atomic E-state index is 0.00553. The van der Waals surface area contributed by atoms with Gasteiger partial charge in [0.2, 0.25) is 5.91 Å². The van der Waals surface area contributed by atoms with Gasteiger partial charge in [0.25, 0.3) is 5.56 Å². The number of para-hydroxylation sites is 1. The van der Waals surface area contributed by atoms with Crippen LogP contribution in [-0.2, 0) is 31.6 Å². The maximum atomic E-state index is 13.9. The first kappa shape index (κ1) is 25.2. The van der Waals surface area contributed by atoms with Gasteiger partial charge >= 0.3 is 11.9 Å². The van der Waals surface area contributed by atoms with E-state index in [1.807, 2.05) is 0 Å². The summed E-state index contributed by atoms with van der Waals surface area (Å²) >= 11 is 0.896. The number of aromatic nitrogens is 4. The van der Waals surface area contributed by atoms with E-state index in [1.165, 1.54) is 49.0 Å². The standard InChI is InChI=1S/C23H19F4N5O3S/c1-30-19-18(20(34)31(2)22(30)35)32(11-13-6-5-7-14(10-13)23(25,26)27)21(29-19)36-12-17(33)28-16-9-4-3-8-15(16)24/h3-10H,11-12H2,1-2H3,(H,28,33). The summed E-state index contributed by atoms with van der Waals surface area (Å²) in [5, 5.41) is 2.56. The number of nitrogens with zero attached hydrogens (tertiary/aromatic N) is 4. The minimum Gasteiger partial charge on any atom is -0.323 e. The van der Waals surface area contributed by atoms with Crippen LogP contribution in [0.4, 0.5) is 23.2 Å². The molecule has 0 unspecified atom stereocenters. The number of carbonyl (C=O) groups excluding carboxylic acids is 1. The molecule has 0 aliphatic carbocycles. The largest absolute Gasteiger partial charge is 0.416 e. The van der Waals surface area contributed by atoms with Crippen LogP contribution >= 0.6 is 11.8 Å². The Morgan fingerprint density at radius 2 is 1.78 bits per heavy atom. The molecule has 0 fully saturated rings. The molecule has 2 aromatic carbocycles. The number of aryl methyl sites for hydroxylation is 1. The van der Waals surface area contributed by atoms with Gasteiger partial charge in [-0.25, -0.2) is 14.2 Å². The number of benzene rings is 2. The third-order valence-electron chi connectivity index (χ3n) is 5.39. The molecular formula is C23H19F4N5O3S. The third kappa shape index (κ3) is 4.91. The zero-order valence-corrected chi connectivity index (χ0v) is 19.8. The molecule has 2 heterocycles. The first-order valence-electron chi connectivity index (χ1n) is 10.5. The number of hydrogen-bond donors (Lipinski definition) is 1. The SMILES string of the molecule is Cn1c(=O)c2c(nc(SCC(=O)Nc3ccccc3F)n2Cc2cccc(C(F)(F)F)c2)n(C)c1=O. The molecule has 4 rings (SSSR count). The molecule has 0 atom stereocenters. The molecule has 36 heavy (non-hydrogen) atoms. The predicted molar refractivity (Wildman–Crippen MR) is 127 cm³/mol. The van der Waals surface area contributed by atoms with E-state index in [0.29, 0.717) is 0 Å². The first-order chi connectivity index (χ1) is 17.0. The van der Waals surface area contributed by atoms with Gasteiger partial charge in [0.1, 0.15) is 5.82 Å². The fourth-order valence-corrected chi connectivity index (χ4v) is 4.39. The van der Waals surface area contributed by atoms with E-state index in [-0.39, 0.29) is 39.9 Å². The number of alkyl halides is 3. The minimum atomic E-state index is -4.56. The number of carbonyl (C=O) groups is 1. The molecule has 0 bridgehead atoms. The van der Waals surface area contributed by atoms with Crippen LogP contribution in [-0.4, -0.2) is 30.3 Å². The molecule has 0 spiro atoms. The average Bonchev–Trinajstić information content (AvgIpc) is 3.19. The molecule has 4 aromatic rings. The van der Waals surface area contributed by atoms with Gasteiger partial charge in [0.05, 0.1) is 23.5 Å². The lowest BCUT2D eigenvalue weighted by Gasteiger charge is -2.12. The van der Waals surface area contributed by atoms with Crippen molar-refractivity contribution in [3.05, 3.63) is 86.3 Å². The second-order valence-electron chi connectivity index (χ2n) is 7.87. The van der Waals surface area contributed by atoms with E-state index in [4.69, 9.17) is 0 Å². The average molecular weight is 521 g/mol. The van der Waals surface area contributed by atoms with Crippen molar-refractivity contribution in [3.8, 4) is 0 Å². The zero-order valence-electron chi connectivity index (χ0n) is 19.0. The molecule has 0 saturated heterocycles. The Hall–Kier alpha value is -3.87. The van der Waals surface area contributed by atoms with Crippen molar-refractivity contribution in [1.82, 2.24) is 18.7 Å². The summed E-state index contributed by atoms with van der Waals surface area (Å²) in [6.45, 7) is -0.175. The van der Waals surface area contributed by atoms with E-state index in [9.17, 15) is 31.9 Å². The summed E-state index contributed by atoms with van der Waals surface area (Å²) in [5.74, 6) is -1.43. The first-order valence-corrected chi connectivity index (χ1v) is 11.5. The highest BCUT2D eigenvalue weighted by atomic mass is 32.2. The molecule has 0 aliphatic heterocycles. The maximum absolute atomic E-state index is 13.9. The van der Waals surface area contributed by atoms with Crippen LogP contribution in [0.1, 0.15) is 11.1 Å². The fraction of sp³-hybridized carbons (Fsp3) is 0.217. The fourth-order valence-electron chi connectivity index (χ4n) is 3.59. The van der Waals surface area contributed by atoms with Gasteiger partial charge in [-0.15, -0.1) is 0 Å². The summed E-state index contributed by atoms with van der Waals surface area (Å²) in [7, 11) is 2.69. The van der Waals surface area contributed by atoms with Gasteiger partial charge < -0.3 is 9.88 Å². The lowest BCUT2D eigenvalue weighted by atomic mass is 10.1. The number of amides is 1. The molecule has 0 radical (unpaired) electrons. The second kappa shape index (κ2) is 9.64. The molecule has 1 N–H and O–H groups in total. The number of halogens is 4. The van der Waals surface area contributed by atoms with Crippen LogP contribution in [0.3, 0.4) is 0 Å². The molecule has 188 valence electrons. The van der Waals surface area contributed by atoms with Crippen molar-refractivity contribution >= 4 is 34.5 Å². The van der Waals surface area contributed by atoms with Gasteiger partial charge in [-0.3, -0.25) is 18.7 Å². The van der Waals surface area contributed by atoms with Gasteiger partial charge in [0.15, 0.2) is 16.3 Å². The van der Waals surface area contributed by atoms with Gasteiger partial charge in [-0.2, -0.15) is 13.2 Å². The molecular weight excluding hydrogens is 502 g/mol. The third-order valence-corrected chi connectivity index (χ3v) is 6.36. The molecule has 8 nitrogen and oxygen atoms in total. The number of nitrogens with one attached hydrogen (secondary N) is 1. The molecule has 13 heteroatoms. The number of anilines is 1. The van der Waals surface area contributed by atoms with E-state index >= 15 is 0 Å². The Balaban J connectivity index is 1.73. The number of thioether (sulfide) groups is 1. The van der Waals surface area contributed by atoms with Gasteiger partial charge in [0, 0.05) is 14.1 Å². The van der Waals surface area contributed by atoms with E-state index in [0.717, 1.165) is 33.0 Å². The lowest BCUT2D eigenvalue weighted by Crippen LogP contribution is -2.37. The predicted octanol–water partition coefficient (Wildman–Crippen LogP) is 3.37. The highest BCUT2D eigenvalue weighted by Gasteiger charge is 2.30. The van der Waals surface area contributed by atoms with Crippen LogP contribution in [0.15, 0.2) is 63.3 Å². The molecule has 0 saturated carbocycles. The zero-order chi connectivity index (χ0) is 26.2. The number of imidazole rings is 1. The molecule has 0 aliphatic rings. The second-order valence-corrected chi connectivity index (χ2v) is 8.82. The molecule has 1 amide bonds. The topological polar surface area (TPSA) is 90.9 Å². The number of rotatable bonds is 6. The van der Waals surface area contributed by atoms with Crippen molar-refractivity contribution in [1.29, 1.82) is 0 Å². The van der Waals surface area contributed by atoms with Crippen molar-refractivity contribution in [2.45, 2.75) is 17.9 Å². The van der Waals surface area contributed by atoms with Gasteiger partial charge in [-0.05, 0) is 29.8 Å². The Morgan fingerprint density at radius 1 is 1.06 bits per heavy atom. The lowest BCUT2D eigenvalue weighted by molar-refractivity contribution is -0.137. The van der Waals surface area contributed by atoms with Crippen molar-refractivity contribution in [2.24, 2.45) is 14.1 Å². The van der Waals surface area contributed by atoms with Crippen LogP contribution in [0.5, 0.6) is 0 Å². The Bertz CT molecular complexity index is 1590. The Labute approximate surface area is 205 Å². The number of hydrogen-bond acceptors (Lipinski definition) is 5. The Morgan fingerprint density at radius 3 is 2.47 bits per heavy atom. The Kier molecular flexibility index (Phi) is 6.76. The van der Waals surface area contributed by atoms with Crippen LogP contribution < -0.4 is 16.6 Å². The van der Waals surface area contributed by atoms with E-state index < -0.39 is 34.7 Å². The highest BCUT2D eigenvalue weighted by molar-refractivity contribution is 7.99.